The molecule has 0 aliphatic carbocycles. The summed E-state index contributed by atoms with van der Waals surface area (Å²) in [5.41, 5.74) is 1.70. The topological polar surface area (TPSA) is 50.4 Å². The van der Waals surface area contributed by atoms with Crippen molar-refractivity contribution < 1.29 is 9.53 Å². The van der Waals surface area contributed by atoms with Gasteiger partial charge in [0.1, 0.15) is 0 Å². The molecule has 1 amide bonds. The summed E-state index contributed by atoms with van der Waals surface area (Å²) in [6.07, 6.45) is 0.950. The molecule has 1 aromatic rings. The van der Waals surface area contributed by atoms with Gasteiger partial charge in [-0.05, 0) is 51.5 Å². The lowest BCUT2D eigenvalue weighted by Crippen LogP contribution is -2.30. The second kappa shape index (κ2) is 7.79. The molecule has 0 heterocycles. The molecule has 2 N–H and O–H groups in total. The van der Waals surface area contributed by atoms with Crippen molar-refractivity contribution in [2.24, 2.45) is 0 Å². The summed E-state index contributed by atoms with van der Waals surface area (Å²) in [6, 6.07) is 8.03. The van der Waals surface area contributed by atoms with Crippen LogP contribution in [0.4, 0.5) is 5.69 Å². The van der Waals surface area contributed by atoms with Crippen LogP contribution in [0.15, 0.2) is 24.3 Å². The molecule has 1 atom stereocenters. The lowest BCUT2D eigenvalue weighted by molar-refractivity contribution is 0.0943. The molecule has 0 saturated carbocycles. The molecule has 0 saturated heterocycles. The van der Waals surface area contributed by atoms with Gasteiger partial charge in [0.15, 0.2) is 0 Å². The summed E-state index contributed by atoms with van der Waals surface area (Å²) in [7, 11) is 1.70. The van der Waals surface area contributed by atoms with Crippen LogP contribution in [0.5, 0.6) is 0 Å². The smallest absolute Gasteiger partial charge is 0.251 e. The van der Waals surface area contributed by atoms with E-state index in [4.69, 9.17) is 4.74 Å². The summed E-state index contributed by atoms with van der Waals surface area (Å²) in [5, 5.41) is 6.24. The molecule has 1 unspecified atom stereocenters. The van der Waals surface area contributed by atoms with Crippen LogP contribution in [0, 0.1) is 0 Å². The quantitative estimate of drug-likeness (QED) is 0.796. The highest BCUT2D eigenvalue weighted by atomic mass is 16.5. The van der Waals surface area contributed by atoms with E-state index in [2.05, 4.69) is 17.6 Å². The van der Waals surface area contributed by atoms with Gasteiger partial charge in [0.25, 0.3) is 5.91 Å². The van der Waals surface area contributed by atoms with E-state index in [9.17, 15) is 4.79 Å². The Hall–Kier alpha value is -1.55. The van der Waals surface area contributed by atoms with Crippen molar-refractivity contribution >= 4 is 11.6 Å². The zero-order chi connectivity index (χ0) is 14.3. The van der Waals surface area contributed by atoms with Crippen molar-refractivity contribution in [2.75, 3.05) is 19.0 Å². The van der Waals surface area contributed by atoms with Crippen LogP contribution in [0.3, 0.4) is 0 Å². The van der Waals surface area contributed by atoms with Crippen molar-refractivity contribution in [2.45, 2.75) is 39.3 Å². The van der Waals surface area contributed by atoms with Crippen molar-refractivity contribution in [3.8, 4) is 0 Å². The first-order valence-electron chi connectivity index (χ1n) is 6.69. The van der Waals surface area contributed by atoms with Crippen LogP contribution < -0.4 is 10.6 Å². The van der Waals surface area contributed by atoms with E-state index in [1.54, 1.807) is 7.11 Å². The molecule has 0 bridgehead atoms. The zero-order valence-electron chi connectivity index (χ0n) is 12.2. The number of hydrogen-bond donors (Lipinski definition) is 2. The third-order valence-electron chi connectivity index (χ3n) is 2.73. The molecule has 106 valence electrons. The number of carbonyl (C=O) groups excluding carboxylic acids is 1. The van der Waals surface area contributed by atoms with E-state index in [1.165, 1.54) is 0 Å². The minimum Gasteiger partial charge on any atom is -0.385 e. The fourth-order valence-electron chi connectivity index (χ4n) is 1.71. The lowest BCUT2D eigenvalue weighted by Gasteiger charge is -2.15. The van der Waals surface area contributed by atoms with Crippen molar-refractivity contribution in [1.29, 1.82) is 0 Å². The highest BCUT2D eigenvalue weighted by Gasteiger charge is 2.07. The fraction of sp³-hybridized carbons (Fsp3) is 0.533. The number of rotatable bonds is 7. The predicted molar refractivity (Wildman–Crippen MR) is 78.6 cm³/mol. The van der Waals surface area contributed by atoms with Crippen LogP contribution >= 0.6 is 0 Å². The number of nitrogens with one attached hydrogen (secondary N) is 2. The molecule has 1 aromatic carbocycles. The first-order chi connectivity index (χ1) is 9.02. The molecular weight excluding hydrogens is 240 g/mol. The third kappa shape index (κ3) is 5.75. The maximum absolute atomic E-state index is 11.8. The van der Waals surface area contributed by atoms with Gasteiger partial charge in [-0.3, -0.25) is 4.79 Å². The van der Waals surface area contributed by atoms with Gasteiger partial charge in [0, 0.05) is 37.1 Å². The summed E-state index contributed by atoms with van der Waals surface area (Å²) < 4.78 is 5.04. The van der Waals surface area contributed by atoms with Gasteiger partial charge < -0.3 is 15.4 Å². The monoisotopic (exact) mass is 264 g/mol. The van der Waals surface area contributed by atoms with E-state index in [0.717, 1.165) is 18.7 Å². The van der Waals surface area contributed by atoms with Crippen LogP contribution in [-0.4, -0.2) is 31.7 Å². The van der Waals surface area contributed by atoms with Gasteiger partial charge in [0.2, 0.25) is 0 Å². The molecule has 0 spiro atoms. The number of ether oxygens (including phenoxy) is 1. The Balaban J connectivity index is 2.54. The Morgan fingerprint density at radius 1 is 1.21 bits per heavy atom. The van der Waals surface area contributed by atoms with Crippen LogP contribution in [0.25, 0.3) is 0 Å². The summed E-state index contributed by atoms with van der Waals surface area (Å²) in [4.78, 5) is 11.8. The minimum absolute atomic E-state index is 0.0334. The molecule has 19 heavy (non-hydrogen) atoms. The molecule has 0 aliphatic heterocycles. The standard InChI is InChI=1S/C15H24N2O2/c1-11(2)16-15(18)13-5-7-14(8-6-13)17-12(3)9-10-19-4/h5-8,11-12,17H,9-10H2,1-4H3,(H,16,18). The Kier molecular flexibility index (Phi) is 6.36. The predicted octanol–water partition coefficient (Wildman–Crippen LogP) is 2.66. The summed E-state index contributed by atoms with van der Waals surface area (Å²) in [5.74, 6) is -0.0334. The van der Waals surface area contributed by atoms with Gasteiger partial charge in [0.05, 0.1) is 0 Å². The summed E-state index contributed by atoms with van der Waals surface area (Å²) in [6.45, 7) is 6.75. The third-order valence-corrected chi connectivity index (χ3v) is 2.73. The lowest BCUT2D eigenvalue weighted by atomic mass is 10.1. The zero-order valence-corrected chi connectivity index (χ0v) is 12.2. The molecule has 0 aliphatic rings. The average Bonchev–Trinajstić information content (AvgIpc) is 2.36. The number of hydrogen-bond acceptors (Lipinski definition) is 3. The Morgan fingerprint density at radius 3 is 2.37 bits per heavy atom. The van der Waals surface area contributed by atoms with Gasteiger partial charge in [-0.15, -0.1) is 0 Å². The molecule has 0 aromatic heterocycles. The highest BCUT2D eigenvalue weighted by Crippen LogP contribution is 2.12. The van der Waals surface area contributed by atoms with Crippen LogP contribution in [-0.2, 0) is 4.74 Å². The second-order valence-electron chi connectivity index (χ2n) is 5.03. The number of amides is 1. The van der Waals surface area contributed by atoms with Crippen LogP contribution in [0.1, 0.15) is 37.6 Å². The number of anilines is 1. The summed E-state index contributed by atoms with van der Waals surface area (Å²) >= 11 is 0. The Morgan fingerprint density at radius 2 is 1.84 bits per heavy atom. The number of methoxy groups -OCH3 is 1. The fourth-order valence-corrected chi connectivity index (χ4v) is 1.71. The first-order valence-corrected chi connectivity index (χ1v) is 6.69. The van der Waals surface area contributed by atoms with Gasteiger partial charge in [-0.2, -0.15) is 0 Å². The SMILES string of the molecule is COCCC(C)Nc1ccc(C(=O)NC(C)C)cc1. The van der Waals surface area contributed by atoms with E-state index >= 15 is 0 Å². The Labute approximate surface area is 115 Å². The average molecular weight is 264 g/mol. The highest BCUT2D eigenvalue weighted by molar-refractivity contribution is 5.94. The maximum atomic E-state index is 11.8. The molecule has 4 nitrogen and oxygen atoms in total. The first kappa shape index (κ1) is 15.5. The molecule has 0 radical (unpaired) electrons. The van der Waals surface area contributed by atoms with E-state index in [1.807, 2.05) is 38.1 Å². The molecular formula is C15H24N2O2. The number of carbonyl (C=O) groups is 1. The van der Waals surface area contributed by atoms with Gasteiger partial charge >= 0.3 is 0 Å². The van der Waals surface area contributed by atoms with Crippen molar-refractivity contribution in [3.63, 3.8) is 0 Å². The molecule has 0 fully saturated rings. The van der Waals surface area contributed by atoms with Crippen molar-refractivity contribution in [3.05, 3.63) is 29.8 Å². The minimum atomic E-state index is -0.0334. The Bertz CT molecular complexity index is 388. The van der Waals surface area contributed by atoms with Gasteiger partial charge in [-0.25, -0.2) is 0 Å². The van der Waals surface area contributed by atoms with E-state index in [-0.39, 0.29) is 11.9 Å². The number of benzene rings is 1. The van der Waals surface area contributed by atoms with Crippen molar-refractivity contribution in [1.82, 2.24) is 5.32 Å². The molecule has 1 rings (SSSR count). The maximum Gasteiger partial charge on any atom is 0.251 e. The van der Waals surface area contributed by atoms with Crippen LogP contribution in [0.2, 0.25) is 0 Å². The van der Waals surface area contributed by atoms with Gasteiger partial charge in [-0.1, -0.05) is 0 Å². The second-order valence-corrected chi connectivity index (χ2v) is 5.03. The largest absolute Gasteiger partial charge is 0.385 e. The normalized spacial score (nSPS) is 12.3. The van der Waals surface area contributed by atoms with E-state index in [0.29, 0.717) is 11.6 Å². The molecule has 4 heteroatoms. The van der Waals surface area contributed by atoms with E-state index < -0.39 is 0 Å².